The van der Waals surface area contributed by atoms with Gasteiger partial charge in [-0.05, 0) is 12.1 Å². The molecular formula is C7H6Cl2FN. The molecule has 0 spiro atoms. The Labute approximate surface area is 73.9 Å². The third-order valence-electron chi connectivity index (χ3n) is 1.31. The predicted molar refractivity (Wildman–Crippen MR) is 44.3 cm³/mol. The standard InChI is InChI=1S/C7H6Cl2FN/c8-5-1-4(3-11)7(10)2-6(5)9/h1-2H,3,11H2. The van der Waals surface area contributed by atoms with Crippen LogP contribution in [0.25, 0.3) is 0 Å². The molecule has 0 aliphatic heterocycles. The van der Waals surface area contributed by atoms with Crippen LogP contribution in [0.5, 0.6) is 0 Å². The fraction of sp³-hybridized carbons (Fsp3) is 0.143. The molecule has 1 aromatic carbocycles. The Balaban J connectivity index is 3.21. The number of hydrogen-bond donors (Lipinski definition) is 1. The molecule has 0 saturated carbocycles. The van der Waals surface area contributed by atoms with Gasteiger partial charge >= 0.3 is 0 Å². The molecular weight excluding hydrogens is 188 g/mol. The molecule has 1 nitrogen and oxygen atoms in total. The summed E-state index contributed by atoms with van der Waals surface area (Å²) in [7, 11) is 0. The zero-order chi connectivity index (χ0) is 8.43. The second-order valence-corrected chi connectivity index (χ2v) is 2.88. The van der Waals surface area contributed by atoms with E-state index in [1.165, 1.54) is 6.07 Å². The molecule has 0 aliphatic carbocycles. The van der Waals surface area contributed by atoms with Crippen LogP contribution in [0.4, 0.5) is 4.39 Å². The Morgan fingerprint density at radius 1 is 1.27 bits per heavy atom. The summed E-state index contributed by atoms with van der Waals surface area (Å²) in [4.78, 5) is 0. The zero-order valence-electron chi connectivity index (χ0n) is 5.57. The molecule has 0 saturated heterocycles. The Hall–Kier alpha value is -0.310. The molecule has 0 aromatic heterocycles. The minimum atomic E-state index is -0.415. The average Bonchev–Trinajstić information content (AvgIpc) is 1.97. The lowest BCUT2D eigenvalue weighted by atomic mass is 10.2. The average molecular weight is 194 g/mol. The number of benzene rings is 1. The van der Waals surface area contributed by atoms with Crippen LogP contribution in [0, 0.1) is 5.82 Å². The van der Waals surface area contributed by atoms with Gasteiger partial charge in [0.2, 0.25) is 0 Å². The summed E-state index contributed by atoms with van der Waals surface area (Å²) >= 11 is 11.1. The number of nitrogens with two attached hydrogens (primary N) is 1. The maximum Gasteiger partial charge on any atom is 0.129 e. The number of hydrogen-bond acceptors (Lipinski definition) is 1. The molecule has 1 aromatic rings. The third-order valence-corrected chi connectivity index (χ3v) is 2.03. The smallest absolute Gasteiger partial charge is 0.129 e. The van der Waals surface area contributed by atoms with Crippen LogP contribution in [0.2, 0.25) is 10.0 Å². The highest BCUT2D eigenvalue weighted by molar-refractivity contribution is 6.42. The van der Waals surface area contributed by atoms with Crippen molar-refractivity contribution in [3.05, 3.63) is 33.6 Å². The molecule has 0 unspecified atom stereocenters. The van der Waals surface area contributed by atoms with Crippen molar-refractivity contribution in [2.45, 2.75) is 6.54 Å². The molecule has 0 radical (unpaired) electrons. The lowest BCUT2D eigenvalue weighted by Crippen LogP contribution is -1.99. The maximum absolute atomic E-state index is 12.8. The fourth-order valence-electron chi connectivity index (χ4n) is 0.720. The molecule has 0 fully saturated rings. The van der Waals surface area contributed by atoms with Gasteiger partial charge in [0.05, 0.1) is 10.0 Å². The minimum Gasteiger partial charge on any atom is -0.326 e. The van der Waals surface area contributed by atoms with Gasteiger partial charge in [0.25, 0.3) is 0 Å². The van der Waals surface area contributed by atoms with Crippen LogP contribution in [0.1, 0.15) is 5.56 Å². The largest absolute Gasteiger partial charge is 0.326 e. The highest BCUT2D eigenvalue weighted by atomic mass is 35.5. The summed E-state index contributed by atoms with van der Waals surface area (Å²) in [6.07, 6.45) is 0. The van der Waals surface area contributed by atoms with Crippen LogP contribution in [-0.4, -0.2) is 0 Å². The highest BCUT2D eigenvalue weighted by Gasteiger charge is 2.04. The van der Waals surface area contributed by atoms with E-state index in [9.17, 15) is 4.39 Å². The summed E-state index contributed by atoms with van der Waals surface area (Å²) in [5.74, 6) is -0.415. The van der Waals surface area contributed by atoms with Crippen molar-refractivity contribution >= 4 is 23.2 Å². The van der Waals surface area contributed by atoms with Gasteiger partial charge in [0.1, 0.15) is 5.82 Å². The Kier molecular flexibility index (Phi) is 2.71. The van der Waals surface area contributed by atoms with E-state index in [1.807, 2.05) is 0 Å². The van der Waals surface area contributed by atoms with Crippen LogP contribution in [0.3, 0.4) is 0 Å². The lowest BCUT2D eigenvalue weighted by Gasteiger charge is -2.01. The molecule has 0 aliphatic rings. The summed E-state index contributed by atoms with van der Waals surface area (Å²) in [6.45, 7) is 0.128. The van der Waals surface area contributed by atoms with E-state index in [-0.39, 0.29) is 11.6 Å². The van der Waals surface area contributed by atoms with Gasteiger partial charge in [-0.15, -0.1) is 0 Å². The van der Waals surface area contributed by atoms with Gasteiger partial charge in [0.15, 0.2) is 0 Å². The van der Waals surface area contributed by atoms with Gasteiger partial charge in [-0.25, -0.2) is 4.39 Å². The maximum atomic E-state index is 12.8. The van der Waals surface area contributed by atoms with E-state index in [4.69, 9.17) is 28.9 Å². The van der Waals surface area contributed by atoms with Gasteiger partial charge in [-0.3, -0.25) is 0 Å². The summed E-state index contributed by atoms with van der Waals surface area (Å²) < 4.78 is 12.8. The van der Waals surface area contributed by atoms with Crippen LogP contribution >= 0.6 is 23.2 Å². The topological polar surface area (TPSA) is 26.0 Å². The molecule has 2 N–H and O–H groups in total. The SMILES string of the molecule is NCc1cc(Cl)c(Cl)cc1F. The molecule has 4 heteroatoms. The first-order valence-electron chi connectivity index (χ1n) is 2.98. The van der Waals surface area contributed by atoms with Crippen molar-refractivity contribution < 1.29 is 4.39 Å². The van der Waals surface area contributed by atoms with Crippen molar-refractivity contribution in [2.75, 3.05) is 0 Å². The Bertz CT molecular complexity index is 275. The van der Waals surface area contributed by atoms with Gasteiger partial charge in [-0.1, -0.05) is 23.2 Å². The van der Waals surface area contributed by atoms with Crippen molar-refractivity contribution in [3.8, 4) is 0 Å². The summed E-state index contributed by atoms with van der Waals surface area (Å²) in [6, 6.07) is 2.59. The van der Waals surface area contributed by atoms with E-state index >= 15 is 0 Å². The van der Waals surface area contributed by atoms with Crippen LogP contribution in [0.15, 0.2) is 12.1 Å². The quantitative estimate of drug-likeness (QED) is 0.683. The second-order valence-electron chi connectivity index (χ2n) is 2.06. The van der Waals surface area contributed by atoms with E-state index in [2.05, 4.69) is 0 Å². The monoisotopic (exact) mass is 193 g/mol. The van der Waals surface area contributed by atoms with Crippen molar-refractivity contribution in [1.82, 2.24) is 0 Å². The molecule has 0 atom stereocenters. The van der Waals surface area contributed by atoms with E-state index in [1.54, 1.807) is 0 Å². The van der Waals surface area contributed by atoms with Gasteiger partial charge in [0, 0.05) is 12.1 Å². The van der Waals surface area contributed by atoms with E-state index in [0.717, 1.165) is 6.07 Å². The second kappa shape index (κ2) is 3.39. The molecule has 1 rings (SSSR count). The van der Waals surface area contributed by atoms with E-state index < -0.39 is 5.82 Å². The summed E-state index contributed by atoms with van der Waals surface area (Å²) in [5, 5.41) is 0.537. The summed E-state index contributed by atoms with van der Waals surface area (Å²) in [5.41, 5.74) is 5.60. The molecule has 0 heterocycles. The first-order chi connectivity index (χ1) is 5.15. The Morgan fingerprint density at radius 2 is 1.82 bits per heavy atom. The molecule has 0 amide bonds. The van der Waals surface area contributed by atoms with Crippen LogP contribution in [-0.2, 0) is 6.54 Å². The fourth-order valence-corrected chi connectivity index (χ4v) is 1.06. The third kappa shape index (κ3) is 1.83. The molecule has 60 valence electrons. The first kappa shape index (κ1) is 8.78. The number of halogens is 3. The number of rotatable bonds is 1. The van der Waals surface area contributed by atoms with Gasteiger partial charge in [-0.2, -0.15) is 0 Å². The van der Waals surface area contributed by atoms with Crippen molar-refractivity contribution in [2.24, 2.45) is 5.73 Å². The first-order valence-corrected chi connectivity index (χ1v) is 3.74. The molecule has 11 heavy (non-hydrogen) atoms. The van der Waals surface area contributed by atoms with Crippen LogP contribution < -0.4 is 5.73 Å². The molecule has 0 bridgehead atoms. The normalized spacial score (nSPS) is 10.2. The van der Waals surface area contributed by atoms with Gasteiger partial charge < -0.3 is 5.73 Å². The minimum absolute atomic E-state index is 0.128. The van der Waals surface area contributed by atoms with Crippen molar-refractivity contribution in [3.63, 3.8) is 0 Å². The predicted octanol–water partition coefficient (Wildman–Crippen LogP) is 2.59. The van der Waals surface area contributed by atoms with E-state index in [0.29, 0.717) is 10.6 Å². The highest BCUT2D eigenvalue weighted by Crippen LogP contribution is 2.24. The lowest BCUT2D eigenvalue weighted by molar-refractivity contribution is 0.611. The zero-order valence-corrected chi connectivity index (χ0v) is 7.08. The van der Waals surface area contributed by atoms with Crippen molar-refractivity contribution in [1.29, 1.82) is 0 Å². The Morgan fingerprint density at radius 3 is 2.36 bits per heavy atom.